The third kappa shape index (κ3) is 6.31. The molecular weight excluding hydrogens is 376 g/mol. The van der Waals surface area contributed by atoms with Crippen LogP contribution in [0.2, 0.25) is 0 Å². The van der Waals surface area contributed by atoms with Crippen LogP contribution in [0.15, 0.2) is 0 Å². The summed E-state index contributed by atoms with van der Waals surface area (Å²) >= 11 is 0. The molecule has 9 heteroatoms. The van der Waals surface area contributed by atoms with Crippen LogP contribution in [0.1, 0.15) is 81.5 Å². The highest BCUT2D eigenvalue weighted by molar-refractivity contribution is 5.92. The molecule has 29 heavy (non-hydrogen) atoms. The molecule has 9 nitrogen and oxygen atoms in total. The van der Waals surface area contributed by atoms with Gasteiger partial charge in [0.25, 0.3) is 5.91 Å². The Hall–Kier alpha value is -2.89. The molecule has 0 aliphatic heterocycles. The average molecular weight is 404 g/mol. The molecule has 0 aromatic carbocycles. The molecule has 1 aromatic rings. The number of aromatic nitrogens is 3. The zero-order valence-corrected chi connectivity index (χ0v) is 17.1. The molecule has 0 radical (unpaired) electrons. The van der Waals surface area contributed by atoms with Gasteiger partial charge in [0.1, 0.15) is 11.8 Å². The molecule has 1 aliphatic carbocycles. The second-order valence-corrected chi connectivity index (χ2v) is 7.21. The van der Waals surface area contributed by atoms with Crippen molar-refractivity contribution in [2.45, 2.75) is 71.4 Å². The van der Waals surface area contributed by atoms with E-state index in [0.717, 1.165) is 19.3 Å². The van der Waals surface area contributed by atoms with Crippen molar-refractivity contribution in [1.29, 1.82) is 0 Å². The van der Waals surface area contributed by atoms with Crippen LogP contribution < -0.4 is 5.73 Å². The number of carbonyl (C=O) groups excluding carboxylic acids is 3. The average Bonchev–Trinajstić information content (AvgIpc) is 3.23. The van der Waals surface area contributed by atoms with E-state index in [0.29, 0.717) is 25.0 Å². The Kier molecular flexibility index (Phi) is 8.19. The van der Waals surface area contributed by atoms with Crippen LogP contribution in [0.5, 0.6) is 0 Å². The number of esters is 2. The van der Waals surface area contributed by atoms with Gasteiger partial charge >= 0.3 is 11.9 Å². The summed E-state index contributed by atoms with van der Waals surface area (Å²) < 4.78 is 12.1. The molecule has 158 valence electrons. The number of carbonyl (C=O) groups is 3. The molecule has 3 atom stereocenters. The van der Waals surface area contributed by atoms with Gasteiger partial charge in [-0.1, -0.05) is 30.9 Å². The Morgan fingerprint density at radius 3 is 2.59 bits per heavy atom. The predicted octanol–water partition coefficient (Wildman–Crippen LogP) is 1.75. The smallest absolute Gasteiger partial charge is 0.302 e. The highest BCUT2D eigenvalue weighted by Gasteiger charge is 2.40. The number of nitrogens with two attached hydrogens (primary N) is 1. The lowest BCUT2D eigenvalue weighted by Gasteiger charge is -2.19. The fourth-order valence-corrected chi connectivity index (χ4v) is 3.46. The maximum atomic E-state index is 11.8. The minimum atomic E-state index is -0.715. The topological polar surface area (TPSA) is 126 Å². The van der Waals surface area contributed by atoms with Gasteiger partial charge in [-0.25, -0.2) is 4.68 Å². The molecule has 2 rings (SSSR count). The number of amides is 1. The van der Waals surface area contributed by atoms with E-state index in [4.69, 9.17) is 15.2 Å². The van der Waals surface area contributed by atoms with Crippen molar-refractivity contribution in [2.24, 2.45) is 11.7 Å². The Balaban J connectivity index is 2.29. The normalized spacial score (nSPS) is 20.6. The molecule has 0 unspecified atom stereocenters. The van der Waals surface area contributed by atoms with E-state index in [-0.39, 0.29) is 30.2 Å². The second kappa shape index (κ2) is 10.6. The Morgan fingerprint density at radius 2 is 1.97 bits per heavy atom. The van der Waals surface area contributed by atoms with Crippen LogP contribution in [-0.2, 0) is 19.1 Å². The van der Waals surface area contributed by atoms with Crippen molar-refractivity contribution in [1.82, 2.24) is 15.0 Å². The van der Waals surface area contributed by atoms with E-state index in [1.165, 1.54) is 18.5 Å². The highest BCUT2D eigenvalue weighted by atomic mass is 16.5. The lowest BCUT2D eigenvalue weighted by Crippen LogP contribution is -2.26. The van der Waals surface area contributed by atoms with Crippen LogP contribution in [0, 0.1) is 17.8 Å². The van der Waals surface area contributed by atoms with Gasteiger partial charge in [-0.15, -0.1) is 5.10 Å². The molecule has 0 saturated heterocycles. The number of primary amides is 1. The fraction of sp³-hybridized carbons (Fsp3) is 0.650. The van der Waals surface area contributed by atoms with Crippen LogP contribution in [0.25, 0.3) is 0 Å². The quantitative estimate of drug-likeness (QED) is 0.397. The van der Waals surface area contributed by atoms with E-state index >= 15 is 0 Å². The largest absolute Gasteiger partial charge is 0.466 e. The molecular formula is C20H28N4O5. The van der Waals surface area contributed by atoms with Crippen LogP contribution in [0.3, 0.4) is 0 Å². The van der Waals surface area contributed by atoms with Gasteiger partial charge in [0.05, 0.1) is 12.6 Å². The first-order chi connectivity index (χ1) is 13.8. The fourth-order valence-electron chi connectivity index (χ4n) is 3.46. The van der Waals surface area contributed by atoms with Crippen molar-refractivity contribution in [3.05, 3.63) is 11.4 Å². The first-order valence-electron chi connectivity index (χ1n) is 9.87. The van der Waals surface area contributed by atoms with Crippen LogP contribution in [0.4, 0.5) is 0 Å². The van der Waals surface area contributed by atoms with Crippen molar-refractivity contribution >= 4 is 17.8 Å². The number of hydrogen-bond donors (Lipinski definition) is 1. The van der Waals surface area contributed by atoms with E-state index in [1.54, 1.807) is 0 Å². The Bertz CT molecular complexity index is 808. The van der Waals surface area contributed by atoms with Crippen LogP contribution in [-0.4, -0.2) is 45.6 Å². The zero-order valence-electron chi connectivity index (χ0n) is 17.1. The molecule has 0 bridgehead atoms. The van der Waals surface area contributed by atoms with E-state index in [1.807, 2.05) is 0 Å². The number of ether oxygens (including phenoxy) is 2. The van der Waals surface area contributed by atoms with E-state index in [9.17, 15) is 14.4 Å². The lowest BCUT2D eigenvalue weighted by molar-refractivity contribution is -0.148. The molecule has 1 aromatic heterocycles. The SMILES string of the molecule is CCCCCC#Cc1c(C(N)=O)nnn1[C@H]1C[C@@H](COC(C)=O)C[C@@H]1OC(C)=O. The lowest BCUT2D eigenvalue weighted by atomic mass is 10.1. The summed E-state index contributed by atoms with van der Waals surface area (Å²) in [5, 5.41) is 7.98. The van der Waals surface area contributed by atoms with Crippen molar-refractivity contribution in [3.63, 3.8) is 0 Å². The summed E-state index contributed by atoms with van der Waals surface area (Å²) in [5.74, 6) is 4.51. The van der Waals surface area contributed by atoms with Gasteiger partial charge in [-0.3, -0.25) is 14.4 Å². The highest BCUT2D eigenvalue weighted by Crippen LogP contribution is 2.37. The van der Waals surface area contributed by atoms with Crippen molar-refractivity contribution < 1.29 is 23.9 Å². The van der Waals surface area contributed by atoms with Gasteiger partial charge in [0, 0.05) is 20.3 Å². The van der Waals surface area contributed by atoms with Gasteiger partial charge in [0.15, 0.2) is 5.69 Å². The number of unbranched alkanes of at least 4 members (excludes halogenated alkanes) is 3. The van der Waals surface area contributed by atoms with Gasteiger partial charge in [-0.2, -0.15) is 0 Å². The molecule has 0 spiro atoms. The molecule has 2 N–H and O–H groups in total. The number of hydrogen-bond acceptors (Lipinski definition) is 7. The summed E-state index contributed by atoms with van der Waals surface area (Å²) in [4.78, 5) is 34.5. The Morgan fingerprint density at radius 1 is 1.21 bits per heavy atom. The maximum Gasteiger partial charge on any atom is 0.302 e. The molecule has 1 fully saturated rings. The minimum Gasteiger partial charge on any atom is -0.466 e. The Labute approximate surface area is 170 Å². The first kappa shape index (κ1) is 22.4. The second-order valence-electron chi connectivity index (χ2n) is 7.21. The summed E-state index contributed by atoms with van der Waals surface area (Å²) in [5.41, 5.74) is 5.76. The molecule has 1 aliphatic rings. The van der Waals surface area contributed by atoms with Crippen LogP contribution >= 0.6 is 0 Å². The summed E-state index contributed by atoms with van der Waals surface area (Å²) in [6.45, 7) is 5.01. The third-order valence-electron chi connectivity index (χ3n) is 4.76. The van der Waals surface area contributed by atoms with E-state index < -0.39 is 18.0 Å². The third-order valence-corrected chi connectivity index (χ3v) is 4.76. The minimum absolute atomic E-state index is 0.00185. The standard InChI is InChI=1S/C20H28N4O5/c1-4-5-6-7-8-9-16-19(20(21)27)22-23-24(16)17-10-15(12-28-13(2)25)11-18(17)29-14(3)26/h15,17-18H,4-7,10-12H2,1-3H3,(H2,21,27)/t15-,17+,18+/m1/s1. The van der Waals surface area contributed by atoms with Gasteiger partial charge in [0.2, 0.25) is 0 Å². The van der Waals surface area contributed by atoms with Gasteiger partial charge in [-0.05, 0) is 31.1 Å². The van der Waals surface area contributed by atoms with E-state index in [2.05, 4.69) is 29.1 Å². The van der Waals surface area contributed by atoms with Gasteiger partial charge < -0.3 is 15.2 Å². The maximum absolute atomic E-state index is 11.8. The predicted molar refractivity (Wildman–Crippen MR) is 104 cm³/mol. The molecule has 1 heterocycles. The molecule has 1 amide bonds. The number of rotatable bonds is 8. The molecule has 1 saturated carbocycles. The monoisotopic (exact) mass is 404 g/mol. The van der Waals surface area contributed by atoms with Crippen molar-refractivity contribution in [2.75, 3.05) is 6.61 Å². The zero-order chi connectivity index (χ0) is 21.4. The summed E-state index contributed by atoms with van der Waals surface area (Å²) in [7, 11) is 0. The summed E-state index contributed by atoms with van der Waals surface area (Å²) in [6.07, 6.45) is 4.36. The summed E-state index contributed by atoms with van der Waals surface area (Å²) in [6, 6.07) is -0.375. The number of nitrogens with zero attached hydrogens (tertiary/aromatic N) is 3. The first-order valence-corrected chi connectivity index (χ1v) is 9.87. The van der Waals surface area contributed by atoms with Crippen molar-refractivity contribution in [3.8, 4) is 11.8 Å².